The number of amides is 1. The second-order valence-electron chi connectivity index (χ2n) is 5.00. The third-order valence-electron chi connectivity index (χ3n) is 3.74. The highest BCUT2D eigenvalue weighted by Crippen LogP contribution is 2.23. The fourth-order valence-corrected chi connectivity index (χ4v) is 2.62. The van der Waals surface area contributed by atoms with Crippen LogP contribution in [-0.2, 0) is 11.3 Å². The number of benzene rings is 1. The Balaban J connectivity index is 1.93. The number of hydrogen-bond donors (Lipinski definition) is 1. The molecule has 0 radical (unpaired) electrons. The number of fused-ring (bicyclic) bond motifs is 1. The van der Waals surface area contributed by atoms with E-state index in [1.165, 1.54) is 0 Å². The number of nitrogens with zero attached hydrogens (tertiary/aromatic N) is 3. The van der Waals surface area contributed by atoms with Crippen LogP contribution in [-0.4, -0.2) is 40.6 Å². The minimum Gasteiger partial charge on any atom is -0.497 e. The number of aromatic nitrogens is 2. The number of rotatable bonds is 3. The Morgan fingerprint density at radius 3 is 2.85 bits per heavy atom. The summed E-state index contributed by atoms with van der Waals surface area (Å²) in [5.74, 6) is 1.18. The second kappa shape index (κ2) is 5.03. The van der Waals surface area contributed by atoms with Gasteiger partial charge in [-0.05, 0) is 25.0 Å². The Morgan fingerprint density at radius 1 is 1.40 bits per heavy atom. The summed E-state index contributed by atoms with van der Waals surface area (Å²) < 4.78 is 6.96. The van der Waals surface area contributed by atoms with Crippen LogP contribution in [0.25, 0.3) is 11.0 Å². The minimum atomic E-state index is 0.0938. The first kappa shape index (κ1) is 12.8. The van der Waals surface area contributed by atoms with E-state index in [-0.39, 0.29) is 12.5 Å². The summed E-state index contributed by atoms with van der Waals surface area (Å²) in [6.45, 7) is 1.92. The first-order chi connectivity index (χ1) is 9.69. The average Bonchev–Trinajstić information content (AvgIpc) is 3.07. The average molecular weight is 274 g/mol. The molecule has 2 heterocycles. The summed E-state index contributed by atoms with van der Waals surface area (Å²) in [6, 6.07) is 5.54. The van der Waals surface area contributed by atoms with Gasteiger partial charge in [0.15, 0.2) is 0 Å². The van der Waals surface area contributed by atoms with Gasteiger partial charge in [-0.2, -0.15) is 0 Å². The topological polar surface area (TPSA) is 73.4 Å². The Morgan fingerprint density at radius 2 is 2.15 bits per heavy atom. The summed E-state index contributed by atoms with van der Waals surface area (Å²) >= 11 is 0. The summed E-state index contributed by atoms with van der Waals surface area (Å²) in [6.07, 6.45) is 2.17. The molecule has 6 nitrogen and oxygen atoms in total. The van der Waals surface area contributed by atoms with E-state index in [2.05, 4.69) is 4.98 Å². The van der Waals surface area contributed by atoms with Gasteiger partial charge in [0.05, 0.1) is 18.1 Å². The first-order valence-corrected chi connectivity index (χ1v) is 6.76. The molecule has 1 aromatic carbocycles. The van der Waals surface area contributed by atoms with Crippen molar-refractivity contribution in [3.63, 3.8) is 0 Å². The van der Waals surface area contributed by atoms with Crippen LogP contribution in [0.15, 0.2) is 18.2 Å². The Bertz CT molecular complexity index is 644. The zero-order valence-corrected chi connectivity index (χ0v) is 11.5. The van der Waals surface area contributed by atoms with Crippen LogP contribution in [0.4, 0.5) is 5.95 Å². The molecule has 2 aromatic rings. The fourth-order valence-electron chi connectivity index (χ4n) is 2.62. The van der Waals surface area contributed by atoms with Crippen molar-refractivity contribution in [3.8, 4) is 5.75 Å². The number of nitrogen functional groups attached to an aromatic ring is 1. The molecule has 1 saturated heterocycles. The van der Waals surface area contributed by atoms with Crippen molar-refractivity contribution in [1.29, 1.82) is 0 Å². The van der Waals surface area contributed by atoms with Gasteiger partial charge in [0.1, 0.15) is 12.3 Å². The van der Waals surface area contributed by atoms with Crippen molar-refractivity contribution in [2.45, 2.75) is 19.4 Å². The summed E-state index contributed by atoms with van der Waals surface area (Å²) in [5.41, 5.74) is 7.54. The van der Waals surface area contributed by atoms with Gasteiger partial charge in [-0.25, -0.2) is 4.98 Å². The molecule has 1 amide bonds. The third-order valence-corrected chi connectivity index (χ3v) is 3.74. The lowest BCUT2D eigenvalue weighted by Crippen LogP contribution is -2.31. The number of ether oxygens (including phenoxy) is 1. The monoisotopic (exact) mass is 274 g/mol. The van der Waals surface area contributed by atoms with Gasteiger partial charge in [0, 0.05) is 19.2 Å². The highest BCUT2D eigenvalue weighted by Gasteiger charge is 2.20. The Hall–Kier alpha value is -2.24. The molecule has 1 fully saturated rings. The highest BCUT2D eigenvalue weighted by atomic mass is 16.5. The molecule has 6 heteroatoms. The zero-order chi connectivity index (χ0) is 14.1. The zero-order valence-electron chi connectivity index (χ0n) is 11.5. The van der Waals surface area contributed by atoms with Gasteiger partial charge >= 0.3 is 0 Å². The molecule has 0 aliphatic carbocycles. The van der Waals surface area contributed by atoms with Crippen molar-refractivity contribution < 1.29 is 9.53 Å². The number of hydrogen-bond acceptors (Lipinski definition) is 4. The van der Waals surface area contributed by atoms with Crippen LogP contribution in [0, 0.1) is 0 Å². The lowest BCUT2D eigenvalue weighted by Gasteiger charge is -2.16. The molecule has 0 saturated carbocycles. The van der Waals surface area contributed by atoms with Crippen LogP contribution in [0.2, 0.25) is 0 Å². The smallest absolute Gasteiger partial charge is 0.242 e. The lowest BCUT2D eigenvalue weighted by atomic mass is 10.3. The number of likely N-dealkylation sites (tertiary alicyclic amines) is 1. The van der Waals surface area contributed by atoms with Gasteiger partial charge in [-0.1, -0.05) is 0 Å². The van der Waals surface area contributed by atoms with E-state index >= 15 is 0 Å². The van der Waals surface area contributed by atoms with Crippen molar-refractivity contribution in [2.75, 3.05) is 25.9 Å². The normalized spacial score (nSPS) is 14.9. The van der Waals surface area contributed by atoms with Crippen molar-refractivity contribution in [3.05, 3.63) is 18.2 Å². The Labute approximate surface area is 117 Å². The largest absolute Gasteiger partial charge is 0.497 e. The predicted octanol–water partition coefficient (Wildman–Crippen LogP) is 1.25. The van der Waals surface area contributed by atoms with Crippen LogP contribution in [0.3, 0.4) is 0 Å². The van der Waals surface area contributed by atoms with E-state index in [9.17, 15) is 4.79 Å². The summed E-state index contributed by atoms with van der Waals surface area (Å²) in [4.78, 5) is 18.4. The number of methoxy groups -OCH3 is 1. The van der Waals surface area contributed by atoms with E-state index < -0.39 is 0 Å². The molecule has 0 atom stereocenters. The van der Waals surface area contributed by atoms with E-state index in [0.717, 1.165) is 42.7 Å². The van der Waals surface area contributed by atoms with Crippen LogP contribution < -0.4 is 10.5 Å². The maximum atomic E-state index is 12.3. The van der Waals surface area contributed by atoms with E-state index in [0.29, 0.717) is 5.95 Å². The number of carbonyl (C=O) groups excluding carboxylic acids is 1. The van der Waals surface area contributed by atoms with Crippen molar-refractivity contribution >= 4 is 22.9 Å². The summed E-state index contributed by atoms with van der Waals surface area (Å²) in [7, 11) is 1.61. The molecular weight excluding hydrogens is 256 g/mol. The third kappa shape index (κ3) is 2.17. The summed E-state index contributed by atoms with van der Waals surface area (Å²) in [5, 5.41) is 0. The molecule has 3 rings (SSSR count). The molecule has 2 N–H and O–H groups in total. The lowest BCUT2D eigenvalue weighted by molar-refractivity contribution is -0.130. The number of carbonyl (C=O) groups is 1. The molecule has 106 valence electrons. The molecule has 1 aliphatic rings. The molecule has 1 aliphatic heterocycles. The van der Waals surface area contributed by atoms with Crippen LogP contribution in [0.1, 0.15) is 12.8 Å². The molecular formula is C14H18N4O2. The maximum Gasteiger partial charge on any atom is 0.242 e. The predicted molar refractivity (Wildman–Crippen MR) is 76.5 cm³/mol. The second-order valence-corrected chi connectivity index (χ2v) is 5.00. The van der Waals surface area contributed by atoms with Crippen molar-refractivity contribution in [1.82, 2.24) is 14.5 Å². The van der Waals surface area contributed by atoms with Crippen LogP contribution in [0.5, 0.6) is 5.75 Å². The first-order valence-electron chi connectivity index (χ1n) is 6.76. The number of imidazole rings is 1. The molecule has 0 spiro atoms. The molecule has 0 bridgehead atoms. The van der Waals surface area contributed by atoms with Gasteiger partial charge in [-0.3, -0.25) is 4.79 Å². The van der Waals surface area contributed by atoms with E-state index in [1.807, 2.05) is 23.1 Å². The molecule has 0 unspecified atom stereocenters. The minimum absolute atomic E-state index is 0.0938. The standard InChI is InChI=1S/C14H18N4O2/c1-20-10-4-5-11-12(8-10)18(14(15)16-11)9-13(19)17-6-2-3-7-17/h4-5,8H,2-3,6-7,9H2,1H3,(H2,15,16). The Kier molecular flexibility index (Phi) is 3.22. The van der Waals surface area contributed by atoms with Gasteiger partial charge in [0.2, 0.25) is 11.9 Å². The van der Waals surface area contributed by atoms with Crippen LogP contribution >= 0.6 is 0 Å². The van der Waals surface area contributed by atoms with E-state index in [4.69, 9.17) is 10.5 Å². The maximum absolute atomic E-state index is 12.3. The highest BCUT2D eigenvalue weighted by molar-refractivity contribution is 5.83. The molecule has 20 heavy (non-hydrogen) atoms. The van der Waals surface area contributed by atoms with E-state index in [1.54, 1.807) is 11.7 Å². The quantitative estimate of drug-likeness (QED) is 0.914. The molecule has 1 aromatic heterocycles. The number of nitrogens with two attached hydrogens (primary N) is 1. The van der Waals surface area contributed by atoms with Gasteiger partial charge in [0.25, 0.3) is 0 Å². The van der Waals surface area contributed by atoms with Gasteiger partial charge in [-0.15, -0.1) is 0 Å². The fraction of sp³-hybridized carbons (Fsp3) is 0.429. The van der Waals surface area contributed by atoms with Gasteiger partial charge < -0.3 is 19.9 Å². The number of anilines is 1. The van der Waals surface area contributed by atoms with Crippen molar-refractivity contribution in [2.24, 2.45) is 0 Å². The SMILES string of the molecule is COc1ccc2nc(N)n(CC(=O)N3CCCC3)c2c1.